The number of rotatable bonds is 5. The molecule has 0 aromatic heterocycles. The number of hydrogen-bond donors (Lipinski definition) is 3. The van der Waals surface area contributed by atoms with Gasteiger partial charge >= 0.3 is 0 Å². The predicted octanol–water partition coefficient (Wildman–Crippen LogP) is 2.78. The van der Waals surface area contributed by atoms with E-state index in [1.807, 2.05) is 20.8 Å². The number of phenols is 1. The van der Waals surface area contributed by atoms with Crippen LogP contribution in [0.5, 0.6) is 5.75 Å². The first-order valence-electron chi connectivity index (χ1n) is 6.47. The highest BCUT2D eigenvalue weighted by atomic mass is 16.3. The molecule has 0 bridgehead atoms. The molecule has 3 N–H and O–H groups in total. The summed E-state index contributed by atoms with van der Waals surface area (Å²) in [5.41, 5.74) is 9.14. The topological polar surface area (TPSA) is 109 Å². The summed E-state index contributed by atoms with van der Waals surface area (Å²) < 4.78 is 0. The van der Waals surface area contributed by atoms with Crippen LogP contribution in [0.1, 0.15) is 44.4 Å². The molecule has 0 radical (unpaired) electrons. The Morgan fingerprint density at radius 1 is 1.30 bits per heavy atom. The highest BCUT2D eigenvalue weighted by molar-refractivity contribution is 5.41. The van der Waals surface area contributed by atoms with Crippen molar-refractivity contribution in [3.05, 3.63) is 39.8 Å². The van der Waals surface area contributed by atoms with Crippen molar-refractivity contribution < 1.29 is 15.3 Å². The van der Waals surface area contributed by atoms with Gasteiger partial charge in [0.05, 0.1) is 6.10 Å². The lowest BCUT2D eigenvalue weighted by Crippen LogP contribution is -2.20. The van der Waals surface area contributed by atoms with Gasteiger partial charge in [-0.25, -0.2) is 0 Å². The number of azide groups is 1. The van der Waals surface area contributed by atoms with Crippen LogP contribution in [0, 0.1) is 0 Å². The third-order valence-electron chi connectivity index (χ3n) is 3.12. The number of aliphatic hydroxyl groups excluding tert-OH is 2. The lowest BCUT2D eigenvalue weighted by atomic mass is 9.84. The molecule has 0 saturated carbocycles. The van der Waals surface area contributed by atoms with Gasteiger partial charge in [-0.15, -0.1) is 0 Å². The predicted molar refractivity (Wildman–Crippen MR) is 76.4 cm³/mol. The summed E-state index contributed by atoms with van der Waals surface area (Å²) in [7, 11) is 0. The molecule has 0 aliphatic rings. The van der Waals surface area contributed by atoms with Gasteiger partial charge in [0.2, 0.25) is 0 Å². The zero-order valence-electron chi connectivity index (χ0n) is 12.0. The molecule has 0 aliphatic heterocycles. The largest absolute Gasteiger partial charge is 0.508 e. The Balaban J connectivity index is 2.93. The molecule has 2 unspecified atom stereocenters. The molecule has 2 atom stereocenters. The van der Waals surface area contributed by atoms with Crippen molar-refractivity contribution in [1.82, 2.24) is 0 Å². The van der Waals surface area contributed by atoms with Crippen molar-refractivity contribution in [2.45, 2.75) is 44.8 Å². The lowest BCUT2D eigenvalue weighted by Gasteiger charge is -2.24. The molecule has 0 spiro atoms. The smallest absolute Gasteiger partial charge is 0.119 e. The zero-order chi connectivity index (χ0) is 15.3. The van der Waals surface area contributed by atoms with Crippen LogP contribution >= 0.6 is 0 Å². The Bertz CT molecular complexity index is 505. The van der Waals surface area contributed by atoms with Crippen molar-refractivity contribution in [2.24, 2.45) is 5.11 Å². The molecule has 1 rings (SSSR count). The SMILES string of the molecule is CC(C)(C)c1cc(C(O)C(O)CCN=[N+]=[N-])ccc1O. The Labute approximate surface area is 118 Å². The van der Waals surface area contributed by atoms with E-state index in [0.717, 1.165) is 0 Å². The molecule has 20 heavy (non-hydrogen) atoms. The zero-order valence-corrected chi connectivity index (χ0v) is 12.0. The summed E-state index contributed by atoms with van der Waals surface area (Å²) in [4.78, 5) is 2.60. The maximum absolute atomic E-state index is 10.1. The minimum absolute atomic E-state index is 0.124. The minimum Gasteiger partial charge on any atom is -0.508 e. The number of phenolic OH excluding ortho intramolecular Hbond substituents is 1. The molecule has 1 aromatic carbocycles. The summed E-state index contributed by atoms with van der Waals surface area (Å²) in [5, 5.41) is 33.2. The molecule has 6 heteroatoms. The van der Waals surface area contributed by atoms with Crippen molar-refractivity contribution in [1.29, 1.82) is 0 Å². The summed E-state index contributed by atoms with van der Waals surface area (Å²) in [5.74, 6) is 0.164. The highest BCUT2D eigenvalue weighted by Crippen LogP contribution is 2.33. The van der Waals surface area contributed by atoms with Gasteiger partial charge in [0.25, 0.3) is 0 Å². The van der Waals surface area contributed by atoms with Crippen molar-refractivity contribution >= 4 is 0 Å². The van der Waals surface area contributed by atoms with Gasteiger partial charge in [-0.1, -0.05) is 32.0 Å². The Morgan fingerprint density at radius 2 is 1.95 bits per heavy atom. The Morgan fingerprint density at radius 3 is 2.50 bits per heavy atom. The number of hydrogen-bond acceptors (Lipinski definition) is 4. The van der Waals surface area contributed by atoms with Crippen LogP contribution in [-0.2, 0) is 5.41 Å². The van der Waals surface area contributed by atoms with Crippen molar-refractivity contribution in [2.75, 3.05) is 6.54 Å². The van der Waals surface area contributed by atoms with E-state index in [1.54, 1.807) is 12.1 Å². The average Bonchev–Trinajstić information content (AvgIpc) is 2.37. The van der Waals surface area contributed by atoms with E-state index in [9.17, 15) is 15.3 Å². The van der Waals surface area contributed by atoms with Crippen LogP contribution in [0.3, 0.4) is 0 Å². The van der Waals surface area contributed by atoms with E-state index in [1.165, 1.54) is 6.07 Å². The van der Waals surface area contributed by atoms with Crippen molar-refractivity contribution in [3.63, 3.8) is 0 Å². The van der Waals surface area contributed by atoms with E-state index in [-0.39, 0.29) is 24.1 Å². The van der Waals surface area contributed by atoms with E-state index >= 15 is 0 Å². The van der Waals surface area contributed by atoms with Gasteiger partial charge in [-0.3, -0.25) is 0 Å². The number of aromatic hydroxyl groups is 1. The van der Waals surface area contributed by atoms with Crippen LogP contribution in [-0.4, -0.2) is 28.0 Å². The normalized spacial score (nSPS) is 14.4. The van der Waals surface area contributed by atoms with Crippen LogP contribution < -0.4 is 0 Å². The van der Waals surface area contributed by atoms with Gasteiger partial charge in [0.1, 0.15) is 11.9 Å². The molecule has 1 aromatic rings. The summed E-state index contributed by atoms with van der Waals surface area (Å²) in [6.07, 6.45) is -1.92. The third-order valence-corrected chi connectivity index (χ3v) is 3.12. The van der Waals surface area contributed by atoms with Crippen LogP contribution in [0.15, 0.2) is 23.3 Å². The molecule has 0 heterocycles. The van der Waals surface area contributed by atoms with E-state index in [2.05, 4.69) is 10.0 Å². The third kappa shape index (κ3) is 4.13. The fraction of sp³-hybridized carbons (Fsp3) is 0.571. The molecule has 0 fully saturated rings. The van der Waals surface area contributed by atoms with Crippen molar-refractivity contribution in [3.8, 4) is 5.75 Å². The van der Waals surface area contributed by atoms with Gasteiger partial charge in [0.15, 0.2) is 0 Å². The molecule has 0 aliphatic carbocycles. The van der Waals surface area contributed by atoms with Gasteiger partial charge in [-0.05, 0) is 40.6 Å². The average molecular weight is 279 g/mol. The van der Waals surface area contributed by atoms with Gasteiger partial charge < -0.3 is 15.3 Å². The van der Waals surface area contributed by atoms with Gasteiger partial charge in [0, 0.05) is 11.5 Å². The van der Waals surface area contributed by atoms with Crippen LogP contribution in [0.25, 0.3) is 10.4 Å². The summed E-state index contributed by atoms with van der Waals surface area (Å²) in [6.45, 7) is 5.99. The molecule has 6 nitrogen and oxygen atoms in total. The second kappa shape index (κ2) is 6.61. The maximum atomic E-state index is 10.1. The molecule has 0 amide bonds. The first kappa shape index (κ1) is 16.3. The second-order valence-electron chi connectivity index (χ2n) is 5.78. The summed E-state index contributed by atoms with van der Waals surface area (Å²) >= 11 is 0. The lowest BCUT2D eigenvalue weighted by molar-refractivity contribution is 0.0149. The minimum atomic E-state index is -1.08. The second-order valence-corrected chi connectivity index (χ2v) is 5.78. The Hall–Kier alpha value is -1.75. The monoisotopic (exact) mass is 279 g/mol. The van der Waals surface area contributed by atoms with Gasteiger partial charge in [-0.2, -0.15) is 0 Å². The first-order valence-corrected chi connectivity index (χ1v) is 6.47. The number of aliphatic hydroxyl groups is 2. The molecule has 0 saturated heterocycles. The molecular weight excluding hydrogens is 258 g/mol. The Kier molecular flexibility index (Phi) is 5.39. The molecular formula is C14H21N3O3. The molecule has 110 valence electrons. The quantitative estimate of drug-likeness (QED) is 0.438. The van der Waals surface area contributed by atoms with E-state index in [0.29, 0.717) is 11.1 Å². The number of nitrogens with zero attached hydrogens (tertiary/aromatic N) is 3. The number of benzene rings is 1. The van der Waals surface area contributed by atoms with Crippen LogP contribution in [0.4, 0.5) is 0 Å². The fourth-order valence-corrected chi connectivity index (χ4v) is 1.95. The van der Waals surface area contributed by atoms with Crippen LogP contribution in [0.2, 0.25) is 0 Å². The standard InChI is InChI=1S/C14H21N3O3/c1-14(2,3)10-8-9(4-5-11(10)18)13(20)12(19)6-7-16-17-15/h4-5,8,12-13,18-20H,6-7H2,1-3H3. The maximum Gasteiger partial charge on any atom is 0.119 e. The first-order chi connectivity index (χ1) is 9.27. The fourth-order valence-electron chi connectivity index (χ4n) is 1.95. The van der Waals surface area contributed by atoms with E-state index in [4.69, 9.17) is 5.53 Å². The summed E-state index contributed by atoms with van der Waals surface area (Å²) in [6, 6.07) is 4.78. The highest BCUT2D eigenvalue weighted by Gasteiger charge is 2.23. The van der Waals surface area contributed by atoms with E-state index < -0.39 is 12.2 Å².